The van der Waals surface area contributed by atoms with E-state index in [4.69, 9.17) is 5.73 Å². The number of thiophene rings is 1. The van der Waals surface area contributed by atoms with Crippen LogP contribution in [0.2, 0.25) is 0 Å². The van der Waals surface area contributed by atoms with Gasteiger partial charge in [-0.05, 0) is 80.6 Å². The highest BCUT2D eigenvalue weighted by Crippen LogP contribution is 2.34. The summed E-state index contributed by atoms with van der Waals surface area (Å²) in [5.41, 5.74) is 9.08. The Kier molecular flexibility index (Phi) is 6.65. The highest BCUT2D eigenvalue weighted by molar-refractivity contribution is 7.19. The number of primary amides is 1. The number of carbonyl (C=O) groups is 1. The molecular formula is C22H28N4OS. The Bertz CT molecular complexity index is 938. The van der Waals surface area contributed by atoms with Crippen LogP contribution in [0.1, 0.15) is 22.9 Å². The van der Waals surface area contributed by atoms with Crippen molar-refractivity contribution in [3.8, 4) is 0 Å². The Morgan fingerprint density at radius 2 is 1.86 bits per heavy atom. The average molecular weight is 397 g/mol. The van der Waals surface area contributed by atoms with Gasteiger partial charge in [0.2, 0.25) is 0 Å². The fourth-order valence-electron chi connectivity index (χ4n) is 3.49. The molecule has 3 aromatic rings. The number of nitrogens with two attached hydrogens (primary N) is 1. The molecule has 2 heterocycles. The molecule has 2 amide bonds. The molecule has 0 fully saturated rings. The van der Waals surface area contributed by atoms with E-state index < -0.39 is 6.03 Å². The summed E-state index contributed by atoms with van der Waals surface area (Å²) >= 11 is 1.82. The number of aryl methyl sites for hydroxylation is 1. The van der Waals surface area contributed by atoms with E-state index in [2.05, 4.69) is 48.1 Å². The predicted molar refractivity (Wildman–Crippen MR) is 118 cm³/mol. The number of amides is 2. The number of likely N-dealkylation sites (N-methyl/N-ethyl adjacent to an activating group) is 1. The topological polar surface area (TPSA) is 62.5 Å². The highest BCUT2D eigenvalue weighted by atomic mass is 32.1. The van der Waals surface area contributed by atoms with Gasteiger partial charge in [0.25, 0.3) is 0 Å². The number of aromatic nitrogens is 1. The monoisotopic (exact) mass is 396 g/mol. The lowest BCUT2D eigenvalue weighted by atomic mass is 10.1. The van der Waals surface area contributed by atoms with Crippen molar-refractivity contribution in [3.63, 3.8) is 0 Å². The molecule has 0 radical (unpaired) electrons. The molecule has 1 aromatic carbocycles. The van der Waals surface area contributed by atoms with Gasteiger partial charge < -0.3 is 10.6 Å². The number of rotatable bonds is 8. The summed E-state index contributed by atoms with van der Waals surface area (Å²) in [5.74, 6) is 0. The molecule has 2 aromatic heterocycles. The van der Waals surface area contributed by atoms with Gasteiger partial charge >= 0.3 is 6.03 Å². The Labute approximate surface area is 170 Å². The second-order valence-corrected chi connectivity index (χ2v) is 8.31. The molecule has 0 spiro atoms. The standard InChI is InChI=1S/C22H28N4OS/c1-4-26(22(23)27)18-5-6-21-20(15-18)19(16(2)28-21)10-14-25(3)13-9-17-7-11-24-12-8-17/h5-8,11-12,15H,4,9-10,13-14H2,1-3H3,(H2,23,27). The van der Waals surface area contributed by atoms with Gasteiger partial charge in [0.05, 0.1) is 0 Å². The molecule has 0 aliphatic rings. The average Bonchev–Trinajstić information content (AvgIpc) is 3.00. The van der Waals surface area contributed by atoms with Crippen LogP contribution in [-0.2, 0) is 12.8 Å². The summed E-state index contributed by atoms with van der Waals surface area (Å²) in [4.78, 5) is 21.1. The molecule has 2 N–H and O–H groups in total. The largest absolute Gasteiger partial charge is 0.351 e. The molecule has 0 saturated heterocycles. The number of anilines is 1. The first-order valence-corrected chi connectivity index (χ1v) is 10.5. The molecular weight excluding hydrogens is 368 g/mol. The van der Waals surface area contributed by atoms with E-state index in [1.54, 1.807) is 4.90 Å². The van der Waals surface area contributed by atoms with Gasteiger partial charge in [-0.2, -0.15) is 0 Å². The van der Waals surface area contributed by atoms with Crippen molar-refractivity contribution in [2.45, 2.75) is 26.7 Å². The molecule has 0 aliphatic carbocycles. The normalized spacial score (nSPS) is 11.3. The molecule has 5 nitrogen and oxygen atoms in total. The number of urea groups is 1. The summed E-state index contributed by atoms with van der Waals surface area (Å²) in [6.07, 6.45) is 5.71. The molecule has 0 bridgehead atoms. The summed E-state index contributed by atoms with van der Waals surface area (Å²) < 4.78 is 1.26. The van der Waals surface area contributed by atoms with Crippen LogP contribution in [-0.4, -0.2) is 42.6 Å². The minimum Gasteiger partial charge on any atom is -0.351 e. The van der Waals surface area contributed by atoms with Crippen LogP contribution in [0.3, 0.4) is 0 Å². The van der Waals surface area contributed by atoms with E-state index in [1.807, 2.05) is 36.7 Å². The van der Waals surface area contributed by atoms with Crippen LogP contribution in [0.4, 0.5) is 10.5 Å². The quantitative estimate of drug-likeness (QED) is 0.620. The van der Waals surface area contributed by atoms with E-state index in [-0.39, 0.29) is 0 Å². The highest BCUT2D eigenvalue weighted by Gasteiger charge is 2.15. The fourth-order valence-corrected chi connectivity index (χ4v) is 4.58. The van der Waals surface area contributed by atoms with Crippen molar-refractivity contribution in [2.75, 3.05) is 31.6 Å². The minimum absolute atomic E-state index is 0.411. The second-order valence-electron chi connectivity index (χ2n) is 7.06. The SMILES string of the molecule is CCN(C(N)=O)c1ccc2sc(C)c(CCN(C)CCc3ccncc3)c2c1. The molecule has 0 unspecified atom stereocenters. The van der Waals surface area contributed by atoms with E-state index in [0.29, 0.717) is 6.54 Å². The van der Waals surface area contributed by atoms with Crippen molar-refractivity contribution >= 4 is 33.1 Å². The molecule has 0 saturated carbocycles. The maximum Gasteiger partial charge on any atom is 0.319 e. The lowest BCUT2D eigenvalue weighted by molar-refractivity contribution is 0.254. The smallest absolute Gasteiger partial charge is 0.319 e. The Morgan fingerprint density at radius 1 is 1.14 bits per heavy atom. The predicted octanol–water partition coefficient (Wildman–Crippen LogP) is 4.23. The molecule has 3 rings (SSSR count). The van der Waals surface area contributed by atoms with Crippen molar-refractivity contribution in [1.29, 1.82) is 0 Å². The van der Waals surface area contributed by atoms with Crippen molar-refractivity contribution in [2.24, 2.45) is 5.73 Å². The van der Waals surface area contributed by atoms with Gasteiger partial charge in [-0.1, -0.05) is 0 Å². The Hall–Kier alpha value is -2.44. The first kappa shape index (κ1) is 20.3. The van der Waals surface area contributed by atoms with Gasteiger partial charge in [-0.25, -0.2) is 4.79 Å². The minimum atomic E-state index is -0.411. The van der Waals surface area contributed by atoms with Gasteiger partial charge in [-0.15, -0.1) is 11.3 Å². The van der Waals surface area contributed by atoms with Gasteiger partial charge in [-0.3, -0.25) is 9.88 Å². The number of carbonyl (C=O) groups excluding carboxylic acids is 1. The number of benzene rings is 1. The third-order valence-electron chi connectivity index (χ3n) is 5.15. The van der Waals surface area contributed by atoms with Crippen LogP contribution < -0.4 is 10.6 Å². The maximum atomic E-state index is 11.7. The molecule has 6 heteroatoms. The lowest BCUT2D eigenvalue weighted by Crippen LogP contribution is -2.35. The van der Waals surface area contributed by atoms with Crippen LogP contribution >= 0.6 is 11.3 Å². The maximum absolute atomic E-state index is 11.7. The zero-order chi connectivity index (χ0) is 20.1. The van der Waals surface area contributed by atoms with Crippen LogP contribution in [0.25, 0.3) is 10.1 Å². The summed E-state index contributed by atoms with van der Waals surface area (Å²) in [6, 6.07) is 9.93. The fraction of sp³-hybridized carbons (Fsp3) is 0.364. The molecule has 0 aliphatic heterocycles. The zero-order valence-corrected chi connectivity index (χ0v) is 17.6. The first-order chi connectivity index (χ1) is 13.5. The zero-order valence-electron chi connectivity index (χ0n) is 16.8. The third-order valence-corrected chi connectivity index (χ3v) is 6.27. The number of pyridine rings is 1. The Morgan fingerprint density at radius 3 is 2.54 bits per heavy atom. The Balaban J connectivity index is 1.71. The molecule has 0 atom stereocenters. The number of fused-ring (bicyclic) bond motifs is 1. The summed E-state index contributed by atoms with van der Waals surface area (Å²) in [6.45, 7) is 6.70. The van der Waals surface area contributed by atoms with Crippen LogP contribution in [0, 0.1) is 6.92 Å². The van der Waals surface area contributed by atoms with E-state index in [1.165, 1.54) is 26.1 Å². The lowest BCUT2D eigenvalue weighted by Gasteiger charge is -2.19. The van der Waals surface area contributed by atoms with Gasteiger partial charge in [0.15, 0.2) is 0 Å². The van der Waals surface area contributed by atoms with Crippen LogP contribution in [0.5, 0.6) is 0 Å². The summed E-state index contributed by atoms with van der Waals surface area (Å²) in [5, 5.41) is 1.24. The van der Waals surface area contributed by atoms with Crippen LogP contribution in [0.15, 0.2) is 42.7 Å². The summed E-state index contributed by atoms with van der Waals surface area (Å²) in [7, 11) is 2.17. The number of nitrogens with zero attached hydrogens (tertiary/aromatic N) is 3. The molecule has 148 valence electrons. The second kappa shape index (κ2) is 9.17. The van der Waals surface area contributed by atoms with Gasteiger partial charge in [0.1, 0.15) is 0 Å². The van der Waals surface area contributed by atoms with Crippen molar-refractivity contribution in [1.82, 2.24) is 9.88 Å². The first-order valence-electron chi connectivity index (χ1n) is 9.66. The van der Waals surface area contributed by atoms with E-state index >= 15 is 0 Å². The van der Waals surface area contributed by atoms with E-state index in [0.717, 1.165) is 31.6 Å². The third kappa shape index (κ3) is 4.69. The van der Waals surface area contributed by atoms with Gasteiger partial charge in [0, 0.05) is 47.3 Å². The number of hydrogen-bond acceptors (Lipinski definition) is 4. The van der Waals surface area contributed by atoms with Crippen molar-refractivity contribution < 1.29 is 4.79 Å². The van der Waals surface area contributed by atoms with Crippen molar-refractivity contribution in [3.05, 3.63) is 58.7 Å². The van der Waals surface area contributed by atoms with E-state index in [9.17, 15) is 4.79 Å². The molecule has 28 heavy (non-hydrogen) atoms. The number of hydrogen-bond donors (Lipinski definition) is 1.